The van der Waals surface area contributed by atoms with Gasteiger partial charge in [-0.05, 0) is 18.9 Å². The van der Waals surface area contributed by atoms with Crippen LogP contribution in [-0.2, 0) is 6.42 Å². The fourth-order valence-electron chi connectivity index (χ4n) is 2.03. The molecule has 0 atom stereocenters. The maximum atomic E-state index is 12.1. The Kier molecular flexibility index (Phi) is 5.23. The predicted molar refractivity (Wildman–Crippen MR) is 88.7 cm³/mol. The van der Waals surface area contributed by atoms with Crippen LogP contribution in [0.4, 0.5) is 0 Å². The third-order valence-electron chi connectivity index (χ3n) is 3.35. The molecule has 0 bridgehead atoms. The maximum absolute atomic E-state index is 12.1. The molecular weight excluding hydrogens is 341 g/mol. The van der Waals surface area contributed by atoms with Gasteiger partial charge in [0.1, 0.15) is 15.6 Å². The van der Waals surface area contributed by atoms with Gasteiger partial charge in [0.25, 0.3) is 5.91 Å². The van der Waals surface area contributed by atoms with Crippen LogP contribution in [-0.4, -0.2) is 27.8 Å². The lowest BCUT2D eigenvalue weighted by molar-refractivity contribution is 0.0948. The van der Waals surface area contributed by atoms with Crippen LogP contribution in [0.3, 0.4) is 0 Å². The molecule has 0 saturated carbocycles. The molecule has 122 valence electrons. The normalized spacial score (nSPS) is 10.6. The lowest BCUT2D eigenvalue weighted by Gasteiger charge is -2.12. The number of carbonyl (C=O) groups excluding carboxylic acids is 1. The van der Waals surface area contributed by atoms with Gasteiger partial charge in [0, 0.05) is 6.54 Å². The van der Waals surface area contributed by atoms with Crippen LogP contribution in [0.5, 0.6) is 17.2 Å². The molecule has 0 saturated heterocycles. The SMILES string of the molecule is Cc1ccc(CCNC(=O)c2c(O)c(Cl)c(O)c(Cl)c2O)cc1. The van der Waals surface area contributed by atoms with Crippen molar-refractivity contribution >= 4 is 29.1 Å². The van der Waals surface area contributed by atoms with Crippen LogP contribution < -0.4 is 5.32 Å². The number of amides is 1. The summed E-state index contributed by atoms with van der Waals surface area (Å²) >= 11 is 11.3. The molecule has 0 spiro atoms. The Hall–Kier alpha value is -2.11. The Labute approximate surface area is 143 Å². The number of phenols is 3. The van der Waals surface area contributed by atoms with Crippen LogP contribution in [0.25, 0.3) is 0 Å². The molecule has 0 aliphatic carbocycles. The Bertz CT molecular complexity index is 716. The molecule has 0 heterocycles. The summed E-state index contributed by atoms with van der Waals surface area (Å²) in [6.07, 6.45) is 0.576. The van der Waals surface area contributed by atoms with Gasteiger partial charge < -0.3 is 20.6 Å². The van der Waals surface area contributed by atoms with Crippen LogP contribution in [0.1, 0.15) is 21.5 Å². The summed E-state index contributed by atoms with van der Waals surface area (Å²) < 4.78 is 0. The van der Waals surface area contributed by atoms with Crippen LogP contribution in [0.2, 0.25) is 10.0 Å². The topological polar surface area (TPSA) is 89.8 Å². The molecule has 0 aliphatic heterocycles. The van der Waals surface area contributed by atoms with Crippen LogP contribution in [0, 0.1) is 6.92 Å². The zero-order chi connectivity index (χ0) is 17.1. The summed E-state index contributed by atoms with van der Waals surface area (Å²) in [5.41, 5.74) is 1.70. The van der Waals surface area contributed by atoms with Gasteiger partial charge in [-0.1, -0.05) is 53.0 Å². The molecule has 0 fully saturated rings. The van der Waals surface area contributed by atoms with Gasteiger partial charge in [-0.3, -0.25) is 4.79 Å². The number of benzene rings is 2. The summed E-state index contributed by atoms with van der Waals surface area (Å²) in [5.74, 6) is -2.87. The molecule has 4 N–H and O–H groups in total. The summed E-state index contributed by atoms with van der Waals surface area (Å²) in [6.45, 7) is 2.27. The van der Waals surface area contributed by atoms with E-state index in [0.29, 0.717) is 6.42 Å². The predicted octanol–water partition coefficient (Wildman–Crippen LogP) is 3.39. The molecule has 2 aromatic carbocycles. The average Bonchev–Trinajstić information content (AvgIpc) is 2.53. The fraction of sp³-hybridized carbons (Fsp3) is 0.188. The van der Waals surface area contributed by atoms with Crippen molar-refractivity contribution in [2.45, 2.75) is 13.3 Å². The molecular formula is C16H15Cl2NO4. The fourth-order valence-corrected chi connectivity index (χ4v) is 2.46. The van der Waals surface area contributed by atoms with Crippen LogP contribution in [0.15, 0.2) is 24.3 Å². The Morgan fingerprint density at radius 3 is 2.04 bits per heavy atom. The van der Waals surface area contributed by atoms with Gasteiger partial charge >= 0.3 is 0 Å². The number of carbonyl (C=O) groups is 1. The van der Waals surface area contributed by atoms with E-state index in [4.69, 9.17) is 23.2 Å². The average molecular weight is 356 g/mol. The number of phenolic OH excluding ortho intramolecular Hbond substituents is 3. The molecule has 7 heteroatoms. The molecule has 2 rings (SSSR count). The smallest absolute Gasteiger partial charge is 0.258 e. The number of aromatic hydroxyl groups is 3. The van der Waals surface area contributed by atoms with Gasteiger partial charge in [-0.25, -0.2) is 0 Å². The zero-order valence-corrected chi connectivity index (χ0v) is 13.7. The van der Waals surface area contributed by atoms with Crippen molar-refractivity contribution in [3.8, 4) is 17.2 Å². The standard InChI is InChI=1S/C16H15Cl2NO4/c1-8-2-4-9(5-3-8)6-7-19-16(23)10-13(20)11(17)15(22)12(18)14(10)21/h2-5,20-22H,6-7H2,1H3,(H,19,23). The van der Waals surface area contributed by atoms with Gasteiger partial charge in [0.2, 0.25) is 0 Å². The highest BCUT2D eigenvalue weighted by molar-refractivity contribution is 6.40. The van der Waals surface area contributed by atoms with Gasteiger partial charge in [0.15, 0.2) is 17.2 Å². The van der Waals surface area contributed by atoms with E-state index in [0.717, 1.165) is 11.1 Å². The first-order valence-corrected chi connectivity index (χ1v) is 7.54. The molecule has 2 aromatic rings. The van der Waals surface area contributed by atoms with Gasteiger partial charge in [-0.15, -0.1) is 0 Å². The second-order valence-corrected chi connectivity index (χ2v) is 5.80. The summed E-state index contributed by atoms with van der Waals surface area (Å²) in [6, 6.07) is 7.83. The van der Waals surface area contributed by atoms with Crippen molar-refractivity contribution in [3.05, 3.63) is 51.0 Å². The second kappa shape index (κ2) is 6.98. The number of halogens is 2. The Morgan fingerprint density at radius 1 is 1.00 bits per heavy atom. The molecule has 1 amide bonds. The highest BCUT2D eigenvalue weighted by Crippen LogP contribution is 2.47. The van der Waals surface area contributed by atoms with E-state index in [2.05, 4.69) is 5.32 Å². The number of nitrogens with one attached hydrogen (secondary N) is 1. The van der Waals surface area contributed by atoms with Crippen molar-refractivity contribution in [1.29, 1.82) is 0 Å². The summed E-state index contributed by atoms with van der Waals surface area (Å²) in [5, 5.41) is 30.7. The molecule has 0 aromatic heterocycles. The highest BCUT2D eigenvalue weighted by atomic mass is 35.5. The summed E-state index contributed by atoms with van der Waals surface area (Å²) in [4.78, 5) is 12.1. The molecule has 23 heavy (non-hydrogen) atoms. The van der Waals surface area contributed by atoms with Crippen molar-refractivity contribution in [1.82, 2.24) is 5.32 Å². The van der Waals surface area contributed by atoms with E-state index < -0.39 is 38.8 Å². The van der Waals surface area contributed by atoms with Gasteiger partial charge in [-0.2, -0.15) is 0 Å². The minimum absolute atomic E-state index is 0.289. The Morgan fingerprint density at radius 2 is 1.52 bits per heavy atom. The van der Waals surface area contributed by atoms with E-state index in [1.165, 1.54) is 0 Å². The minimum atomic E-state index is -0.740. The van der Waals surface area contributed by atoms with E-state index in [1.54, 1.807) is 0 Å². The minimum Gasteiger partial charge on any atom is -0.505 e. The number of hydrogen-bond acceptors (Lipinski definition) is 4. The van der Waals surface area contributed by atoms with Crippen molar-refractivity contribution in [2.75, 3.05) is 6.54 Å². The lowest BCUT2D eigenvalue weighted by Crippen LogP contribution is -2.26. The molecule has 0 radical (unpaired) electrons. The third kappa shape index (κ3) is 3.63. The van der Waals surface area contributed by atoms with E-state index in [9.17, 15) is 20.1 Å². The zero-order valence-electron chi connectivity index (χ0n) is 12.2. The monoisotopic (exact) mass is 355 g/mol. The quantitative estimate of drug-likeness (QED) is 0.676. The molecule has 0 unspecified atom stereocenters. The first-order valence-electron chi connectivity index (χ1n) is 6.78. The van der Waals surface area contributed by atoms with E-state index in [-0.39, 0.29) is 6.54 Å². The Balaban J connectivity index is 2.11. The number of hydrogen-bond donors (Lipinski definition) is 4. The molecule has 5 nitrogen and oxygen atoms in total. The maximum Gasteiger partial charge on any atom is 0.258 e. The number of aryl methyl sites for hydroxylation is 1. The van der Waals surface area contributed by atoms with E-state index >= 15 is 0 Å². The van der Waals surface area contributed by atoms with Crippen LogP contribution >= 0.6 is 23.2 Å². The third-order valence-corrected chi connectivity index (χ3v) is 4.07. The van der Waals surface area contributed by atoms with Crippen molar-refractivity contribution in [3.63, 3.8) is 0 Å². The lowest BCUT2D eigenvalue weighted by atomic mass is 10.1. The van der Waals surface area contributed by atoms with Gasteiger partial charge in [0.05, 0.1) is 0 Å². The summed E-state index contributed by atoms with van der Waals surface area (Å²) in [7, 11) is 0. The largest absolute Gasteiger partial charge is 0.505 e. The number of rotatable bonds is 4. The highest BCUT2D eigenvalue weighted by Gasteiger charge is 2.25. The van der Waals surface area contributed by atoms with Crippen molar-refractivity contribution < 1.29 is 20.1 Å². The second-order valence-electron chi connectivity index (χ2n) is 5.04. The first kappa shape index (κ1) is 17.2. The first-order chi connectivity index (χ1) is 10.8. The molecule has 0 aliphatic rings. The van der Waals surface area contributed by atoms with E-state index in [1.807, 2.05) is 31.2 Å². The van der Waals surface area contributed by atoms with Crippen molar-refractivity contribution in [2.24, 2.45) is 0 Å².